The summed E-state index contributed by atoms with van der Waals surface area (Å²) in [5.41, 5.74) is 1.68. The molecule has 1 fully saturated rings. The van der Waals surface area contributed by atoms with Gasteiger partial charge >= 0.3 is 5.97 Å². The Balaban J connectivity index is 1.89. The summed E-state index contributed by atoms with van der Waals surface area (Å²) in [5, 5.41) is 12.5. The number of hydrogen-bond donors (Lipinski definition) is 2. The molecular formula is C26H36N4O5. The maximum Gasteiger partial charge on any atom is 0.305 e. The van der Waals surface area contributed by atoms with Gasteiger partial charge in [-0.3, -0.25) is 19.4 Å². The van der Waals surface area contributed by atoms with Crippen LogP contribution < -0.4 is 15.8 Å². The Bertz CT molecular complexity index is 1110. The molecule has 1 saturated heterocycles. The van der Waals surface area contributed by atoms with Gasteiger partial charge in [-0.25, -0.2) is 0 Å². The van der Waals surface area contributed by atoms with E-state index in [4.69, 9.17) is 4.74 Å². The average molecular weight is 485 g/mol. The third kappa shape index (κ3) is 7.14. The van der Waals surface area contributed by atoms with Crippen LogP contribution >= 0.6 is 0 Å². The molecule has 2 aromatic heterocycles. The van der Waals surface area contributed by atoms with E-state index >= 15 is 0 Å². The van der Waals surface area contributed by atoms with Gasteiger partial charge in [-0.2, -0.15) is 0 Å². The Morgan fingerprint density at radius 2 is 2.00 bits per heavy atom. The van der Waals surface area contributed by atoms with Crippen molar-refractivity contribution >= 4 is 17.6 Å². The van der Waals surface area contributed by atoms with Crippen molar-refractivity contribution in [2.24, 2.45) is 5.92 Å². The number of rotatable bonds is 9. The lowest BCUT2D eigenvalue weighted by Crippen LogP contribution is -2.48. The van der Waals surface area contributed by atoms with Gasteiger partial charge in [-0.15, -0.1) is 0 Å². The van der Waals surface area contributed by atoms with Crippen LogP contribution in [0.2, 0.25) is 0 Å². The van der Waals surface area contributed by atoms with Gasteiger partial charge in [0.25, 0.3) is 5.56 Å². The number of anilines is 1. The number of aromatic nitrogens is 2. The van der Waals surface area contributed by atoms with E-state index in [0.717, 1.165) is 11.3 Å². The Kier molecular flexibility index (Phi) is 8.32. The highest BCUT2D eigenvalue weighted by atomic mass is 16.5. The average Bonchev–Trinajstić information content (AvgIpc) is 2.76. The number of carbonyl (C=O) groups is 2. The van der Waals surface area contributed by atoms with Gasteiger partial charge in [0.05, 0.1) is 36.6 Å². The molecule has 0 bridgehead atoms. The number of aliphatic carboxylic acids is 1. The van der Waals surface area contributed by atoms with Crippen molar-refractivity contribution in [3.63, 3.8) is 0 Å². The number of carbonyl (C=O) groups excluding carboxylic acids is 1. The first-order valence-electron chi connectivity index (χ1n) is 12.0. The van der Waals surface area contributed by atoms with Gasteiger partial charge in [0, 0.05) is 31.5 Å². The van der Waals surface area contributed by atoms with Crippen LogP contribution in [0.4, 0.5) is 5.69 Å². The third-order valence-electron chi connectivity index (χ3n) is 6.07. The lowest BCUT2D eigenvalue weighted by atomic mass is 10.00. The largest absolute Gasteiger partial charge is 0.481 e. The highest BCUT2D eigenvalue weighted by molar-refractivity contribution is 5.81. The van der Waals surface area contributed by atoms with Crippen LogP contribution in [0.5, 0.6) is 0 Å². The Hall–Kier alpha value is -3.20. The summed E-state index contributed by atoms with van der Waals surface area (Å²) in [4.78, 5) is 44.3. The van der Waals surface area contributed by atoms with Crippen LogP contribution in [-0.4, -0.2) is 51.8 Å². The molecule has 1 aliphatic heterocycles. The standard InChI is InChI=1S/C26H36N4O5/c1-17(2)10-22(30-7-6-18(3)11-23(30)31)25(34)28-21(13-24(32)33)19-12-20(15-27-14-19)29-8-9-35-26(4,5)16-29/h6-7,11-12,14-15,17,21-22H,8-10,13,16H2,1-5H3,(H,28,34)(H,32,33). The molecule has 1 aliphatic rings. The van der Waals surface area contributed by atoms with E-state index in [-0.39, 0.29) is 23.5 Å². The second-order valence-corrected chi connectivity index (χ2v) is 10.3. The van der Waals surface area contributed by atoms with Crippen molar-refractivity contribution in [1.82, 2.24) is 14.9 Å². The number of carboxylic acids is 1. The zero-order valence-corrected chi connectivity index (χ0v) is 21.2. The summed E-state index contributed by atoms with van der Waals surface area (Å²) in [5.74, 6) is -1.29. The predicted octanol–water partition coefficient (Wildman–Crippen LogP) is 3.09. The molecule has 0 aliphatic carbocycles. The number of hydrogen-bond acceptors (Lipinski definition) is 6. The summed E-state index contributed by atoms with van der Waals surface area (Å²) in [7, 11) is 0. The summed E-state index contributed by atoms with van der Waals surface area (Å²) in [6, 6.07) is 3.60. The quantitative estimate of drug-likeness (QED) is 0.562. The van der Waals surface area contributed by atoms with E-state index < -0.39 is 24.0 Å². The van der Waals surface area contributed by atoms with E-state index in [0.29, 0.717) is 31.7 Å². The monoisotopic (exact) mass is 484 g/mol. The highest BCUT2D eigenvalue weighted by Gasteiger charge is 2.29. The van der Waals surface area contributed by atoms with Crippen LogP contribution in [0.3, 0.4) is 0 Å². The van der Waals surface area contributed by atoms with Crippen molar-refractivity contribution in [2.75, 3.05) is 24.6 Å². The zero-order valence-electron chi connectivity index (χ0n) is 21.2. The third-order valence-corrected chi connectivity index (χ3v) is 6.07. The summed E-state index contributed by atoms with van der Waals surface area (Å²) in [6.45, 7) is 11.8. The molecule has 3 heterocycles. The normalized spacial score (nSPS) is 17.1. The van der Waals surface area contributed by atoms with E-state index in [1.807, 2.05) is 40.7 Å². The molecule has 190 valence electrons. The lowest BCUT2D eigenvalue weighted by molar-refractivity contribution is -0.138. The van der Waals surface area contributed by atoms with E-state index in [9.17, 15) is 19.5 Å². The van der Waals surface area contributed by atoms with Crippen molar-refractivity contribution < 1.29 is 19.4 Å². The minimum absolute atomic E-state index is 0.145. The second-order valence-electron chi connectivity index (χ2n) is 10.3. The first-order chi connectivity index (χ1) is 16.4. The molecule has 0 radical (unpaired) electrons. The molecule has 2 unspecified atom stereocenters. The van der Waals surface area contributed by atoms with E-state index in [1.165, 1.54) is 10.6 Å². The first kappa shape index (κ1) is 26.4. The number of pyridine rings is 2. The topological polar surface area (TPSA) is 114 Å². The van der Waals surface area contributed by atoms with E-state index in [2.05, 4.69) is 15.2 Å². The number of ether oxygens (including phenoxy) is 1. The number of amides is 1. The van der Waals surface area contributed by atoms with Gasteiger partial charge in [0.1, 0.15) is 6.04 Å². The molecule has 3 rings (SSSR count). The van der Waals surface area contributed by atoms with Crippen LogP contribution in [0, 0.1) is 12.8 Å². The van der Waals surface area contributed by atoms with Crippen molar-refractivity contribution in [3.05, 3.63) is 58.3 Å². The fourth-order valence-corrected chi connectivity index (χ4v) is 4.38. The maximum atomic E-state index is 13.4. The molecule has 9 nitrogen and oxygen atoms in total. The summed E-state index contributed by atoms with van der Waals surface area (Å²) in [6.07, 6.45) is 5.08. The molecule has 35 heavy (non-hydrogen) atoms. The Morgan fingerprint density at radius 3 is 2.63 bits per heavy atom. The molecule has 0 aromatic carbocycles. The first-order valence-corrected chi connectivity index (χ1v) is 12.0. The molecule has 1 amide bonds. The molecule has 2 atom stereocenters. The lowest BCUT2D eigenvalue weighted by Gasteiger charge is -2.39. The molecular weight excluding hydrogens is 448 g/mol. The van der Waals surface area contributed by atoms with Gasteiger partial charge in [-0.1, -0.05) is 13.8 Å². The van der Waals surface area contributed by atoms with Gasteiger partial charge in [0.15, 0.2) is 0 Å². The van der Waals surface area contributed by atoms with Crippen molar-refractivity contribution in [2.45, 2.75) is 65.1 Å². The van der Waals surface area contributed by atoms with Gasteiger partial charge < -0.3 is 24.6 Å². The second kappa shape index (κ2) is 11.0. The highest BCUT2D eigenvalue weighted by Crippen LogP contribution is 2.27. The summed E-state index contributed by atoms with van der Waals surface area (Å²) >= 11 is 0. The molecule has 2 aromatic rings. The summed E-state index contributed by atoms with van der Waals surface area (Å²) < 4.78 is 7.21. The maximum absolute atomic E-state index is 13.4. The molecule has 0 saturated carbocycles. The number of nitrogens with one attached hydrogen (secondary N) is 1. The van der Waals surface area contributed by atoms with Crippen LogP contribution in [0.25, 0.3) is 0 Å². The van der Waals surface area contributed by atoms with Gasteiger partial charge in [0.2, 0.25) is 5.91 Å². The van der Waals surface area contributed by atoms with E-state index in [1.54, 1.807) is 24.7 Å². The van der Waals surface area contributed by atoms with Crippen molar-refractivity contribution in [3.8, 4) is 0 Å². The van der Waals surface area contributed by atoms with Crippen LogP contribution in [-0.2, 0) is 14.3 Å². The number of aryl methyl sites for hydroxylation is 1. The Labute approximate surface area is 206 Å². The van der Waals surface area contributed by atoms with Gasteiger partial charge in [-0.05, 0) is 56.4 Å². The minimum atomic E-state index is -1.04. The Morgan fingerprint density at radius 1 is 1.26 bits per heavy atom. The number of nitrogens with zero attached hydrogens (tertiary/aromatic N) is 3. The molecule has 9 heteroatoms. The molecule has 0 spiro atoms. The smallest absolute Gasteiger partial charge is 0.305 e. The number of carboxylic acid groups (broad SMARTS) is 1. The van der Waals surface area contributed by atoms with Crippen molar-refractivity contribution in [1.29, 1.82) is 0 Å². The fraction of sp³-hybridized carbons (Fsp3) is 0.538. The number of morpholine rings is 1. The SMILES string of the molecule is Cc1ccn(C(CC(C)C)C(=O)NC(CC(=O)O)c2cncc(N3CCOC(C)(C)C3)c2)c(=O)c1. The van der Waals surface area contributed by atoms with Crippen LogP contribution in [0.15, 0.2) is 41.6 Å². The fourth-order valence-electron chi connectivity index (χ4n) is 4.38. The zero-order chi connectivity index (χ0) is 25.8. The minimum Gasteiger partial charge on any atom is -0.481 e. The predicted molar refractivity (Wildman–Crippen MR) is 134 cm³/mol. The molecule has 2 N–H and O–H groups in total. The van der Waals surface area contributed by atoms with Crippen LogP contribution in [0.1, 0.15) is 63.7 Å².